The second-order valence-corrected chi connectivity index (χ2v) is 7.94. The van der Waals surface area contributed by atoms with Crippen LogP contribution in [-0.2, 0) is 16.1 Å². The molecule has 0 bridgehead atoms. The largest absolute Gasteiger partial charge is 0.445 e. The highest BCUT2D eigenvalue weighted by Gasteiger charge is 2.34. The van der Waals surface area contributed by atoms with Gasteiger partial charge in [0.25, 0.3) is 0 Å². The van der Waals surface area contributed by atoms with Crippen LogP contribution in [0.25, 0.3) is 0 Å². The number of ether oxygens (including phenoxy) is 2. The van der Waals surface area contributed by atoms with E-state index in [2.05, 4.69) is 5.32 Å². The van der Waals surface area contributed by atoms with E-state index in [0.717, 1.165) is 5.56 Å². The van der Waals surface area contributed by atoms with Crippen molar-refractivity contribution in [1.82, 2.24) is 10.2 Å². The predicted molar refractivity (Wildman–Crippen MR) is 101 cm³/mol. The van der Waals surface area contributed by atoms with Crippen LogP contribution in [0.15, 0.2) is 30.3 Å². The van der Waals surface area contributed by atoms with Crippen molar-refractivity contribution in [2.24, 2.45) is 0 Å². The van der Waals surface area contributed by atoms with Crippen LogP contribution in [0.2, 0.25) is 0 Å². The molecule has 0 spiro atoms. The Kier molecular flexibility index (Phi) is 7.07. The molecule has 7 nitrogen and oxygen atoms in total. The number of amides is 2. The van der Waals surface area contributed by atoms with E-state index in [4.69, 9.17) is 9.47 Å². The molecule has 0 unspecified atom stereocenters. The van der Waals surface area contributed by atoms with Gasteiger partial charge in [0.1, 0.15) is 12.2 Å². The highest BCUT2D eigenvalue weighted by Crippen LogP contribution is 2.20. The topological polar surface area (TPSA) is 88.1 Å². The monoisotopic (exact) mass is 378 g/mol. The van der Waals surface area contributed by atoms with Gasteiger partial charge < -0.3 is 24.8 Å². The highest BCUT2D eigenvalue weighted by molar-refractivity contribution is 5.69. The molecule has 0 aliphatic carbocycles. The lowest BCUT2D eigenvalue weighted by Crippen LogP contribution is -2.49. The number of rotatable bonds is 3. The summed E-state index contributed by atoms with van der Waals surface area (Å²) >= 11 is 0. The predicted octanol–water partition coefficient (Wildman–Crippen LogP) is 3.06. The minimum Gasteiger partial charge on any atom is -0.445 e. The van der Waals surface area contributed by atoms with E-state index in [-0.39, 0.29) is 19.2 Å². The summed E-state index contributed by atoms with van der Waals surface area (Å²) in [6.45, 7) is 7.52. The maximum atomic E-state index is 12.5. The first-order chi connectivity index (χ1) is 12.7. The van der Waals surface area contributed by atoms with Crippen molar-refractivity contribution in [3.05, 3.63) is 35.9 Å². The van der Waals surface area contributed by atoms with E-state index in [9.17, 15) is 14.7 Å². The van der Waals surface area contributed by atoms with Gasteiger partial charge in [-0.25, -0.2) is 9.59 Å². The number of benzene rings is 1. The number of likely N-dealkylation sites (tertiary alicyclic amines) is 1. The third kappa shape index (κ3) is 6.75. The number of carbonyl (C=O) groups excluding carboxylic acids is 2. The molecule has 1 fully saturated rings. The normalized spacial score (nSPS) is 23.3. The minimum absolute atomic E-state index is 0.0925. The SMILES string of the molecule is C[C@@H]1CC[C@@H](NC(=O)OC(C)(C)C)[C@H](O)CN1C(=O)OCc1ccccc1. The molecule has 0 radical (unpaired) electrons. The Hall–Kier alpha value is -2.28. The van der Waals surface area contributed by atoms with Crippen molar-refractivity contribution in [1.29, 1.82) is 0 Å². The van der Waals surface area contributed by atoms with Crippen LogP contribution in [-0.4, -0.2) is 52.5 Å². The highest BCUT2D eigenvalue weighted by atomic mass is 16.6. The Balaban J connectivity index is 1.92. The average molecular weight is 378 g/mol. The van der Waals surface area contributed by atoms with Crippen molar-refractivity contribution in [3.63, 3.8) is 0 Å². The number of alkyl carbamates (subject to hydrolysis) is 1. The Morgan fingerprint density at radius 3 is 2.52 bits per heavy atom. The molecule has 2 rings (SSSR count). The van der Waals surface area contributed by atoms with Gasteiger partial charge in [0.2, 0.25) is 0 Å². The van der Waals surface area contributed by atoms with Gasteiger partial charge in [0, 0.05) is 6.04 Å². The first-order valence-corrected chi connectivity index (χ1v) is 9.30. The van der Waals surface area contributed by atoms with E-state index in [1.165, 1.54) is 4.90 Å². The molecule has 2 amide bonds. The summed E-state index contributed by atoms with van der Waals surface area (Å²) < 4.78 is 10.6. The zero-order chi connectivity index (χ0) is 20.0. The van der Waals surface area contributed by atoms with Gasteiger partial charge in [-0.05, 0) is 46.1 Å². The van der Waals surface area contributed by atoms with Crippen LogP contribution in [0.1, 0.15) is 46.1 Å². The van der Waals surface area contributed by atoms with Crippen LogP contribution in [0, 0.1) is 0 Å². The molecule has 150 valence electrons. The molecule has 2 N–H and O–H groups in total. The number of aliphatic hydroxyl groups is 1. The van der Waals surface area contributed by atoms with E-state index < -0.39 is 29.9 Å². The molecule has 0 saturated carbocycles. The lowest BCUT2D eigenvalue weighted by atomic mass is 10.1. The van der Waals surface area contributed by atoms with Gasteiger partial charge in [0.15, 0.2) is 0 Å². The molecule has 0 aromatic heterocycles. The number of hydrogen-bond donors (Lipinski definition) is 2. The molecular weight excluding hydrogens is 348 g/mol. The lowest BCUT2D eigenvalue weighted by molar-refractivity contribution is 0.0363. The standard InChI is InChI=1S/C20H30N2O5/c1-14-10-11-16(21-18(24)27-20(2,3)4)17(23)12-22(14)19(25)26-13-15-8-6-5-7-9-15/h5-9,14,16-17,23H,10-13H2,1-4H3,(H,21,24)/t14-,16-,17-/m1/s1. The van der Waals surface area contributed by atoms with Crippen molar-refractivity contribution in [2.45, 2.75) is 70.9 Å². The maximum absolute atomic E-state index is 12.5. The van der Waals surface area contributed by atoms with E-state index in [1.807, 2.05) is 37.3 Å². The molecule has 1 aliphatic heterocycles. The Morgan fingerprint density at radius 1 is 1.22 bits per heavy atom. The van der Waals surface area contributed by atoms with E-state index >= 15 is 0 Å². The number of aliphatic hydroxyl groups excluding tert-OH is 1. The minimum atomic E-state index is -0.897. The number of carbonyl (C=O) groups is 2. The summed E-state index contributed by atoms with van der Waals surface area (Å²) in [6.07, 6.45) is -0.753. The summed E-state index contributed by atoms with van der Waals surface area (Å²) in [5.74, 6) is 0. The number of nitrogens with zero attached hydrogens (tertiary/aromatic N) is 1. The molecule has 1 aromatic carbocycles. The maximum Gasteiger partial charge on any atom is 0.410 e. The van der Waals surface area contributed by atoms with Crippen molar-refractivity contribution < 1.29 is 24.2 Å². The van der Waals surface area contributed by atoms with Crippen LogP contribution in [0.4, 0.5) is 9.59 Å². The van der Waals surface area contributed by atoms with Gasteiger partial charge >= 0.3 is 12.2 Å². The van der Waals surface area contributed by atoms with Gasteiger partial charge in [-0.15, -0.1) is 0 Å². The van der Waals surface area contributed by atoms with E-state index in [1.54, 1.807) is 20.8 Å². The van der Waals surface area contributed by atoms with Crippen LogP contribution in [0.3, 0.4) is 0 Å². The summed E-state index contributed by atoms with van der Waals surface area (Å²) in [5.41, 5.74) is 0.290. The van der Waals surface area contributed by atoms with Gasteiger partial charge in [-0.2, -0.15) is 0 Å². The molecule has 1 saturated heterocycles. The third-order valence-electron chi connectivity index (χ3n) is 4.42. The number of β-amino-alcohol motifs (C(OH)–C–C–N with tert-alkyl or cyclic N) is 1. The molecule has 27 heavy (non-hydrogen) atoms. The van der Waals surface area contributed by atoms with Gasteiger partial charge in [-0.1, -0.05) is 30.3 Å². The second kappa shape index (κ2) is 9.08. The van der Waals surface area contributed by atoms with Gasteiger partial charge in [0.05, 0.1) is 18.7 Å². The van der Waals surface area contributed by atoms with Crippen molar-refractivity contribution in [2.75, 3.05) is 6.54 Å². The van der Waals surface area contributed by atoms with Crippen LogP contribution in [0.5, 0.6) is 0 Å². The molecular formula is C20H30N2O5. The molecule has 3 atom stereocenters. The fourth-order valence-corrected chi connectivity index (χ4v) is 2.96. The Labute approximate surface area is 160 Å². The Morgan fingerprint density at radius 2 is 1.89 bits per heavy atom. The number of hydrogen-bond acceptors (Lipinski definition) is 5. The summed E-state index contributed by atoms with van der Waals surface area (Å²) in [4.78, 5) is 26.0. The average Bonchev–Trinajstić information content (AvgIpc) is 2.72. The Bertz CT molecular complexity index is 629. The van der Waals surface area contributed by atoms with Crippen molar-refractivity contribution in [3.8, 4) is 0 Å². The molecule has 7 heteroatoms. The quantitative estimate of drug-likeness (QED) is 0.844. The summed E-state index contributed by atoms with van der Waals surface area (Å²) in [5, 5.41) is 13.2. The zero-order valence-electron chi connectivity index (χ0n) is 16.5. The fourth-order valence-electron chi connectivity index (χ4n) is 2.96. The first-order valence-electron chi connectivity index (χ1n) is 9.30. The third-order valence-corrected chi connectivity index (χ3v) is 4.42. The number of nitrogens with one attached hydrogen (secondary N) is 1. The van der Waals surface area contributed by atoms with E-state index in [0.29, 0.717) is 12.8 Å². The fraction of sp³-hybridized carbons (Fsp3) is 0.600. The van der Waals surface area contributed by atoms with Crippen LogP contribution < -0.4 is 5.32 Å². The zero-order valence-corrected chi connectivity index (χ0v) is 16.5. The van der Waals surface area contributed by atoms with Crippen LogP contribution >= 0.6 is 0 Å². The molecule has 1 heterocycles. The van der Waals surface area contributed by atoms with Gasteiger partial charge in [-0.3, -0.25) is 0 Å². The molecule has 1 aliphatic rings. The summed E-state index contributed by atoms with van der Waals surface area (Å²) in [7, 11) is 0. The lowest BCUT2D eigenvalue weighted by Gasteiger charge is -2.28. The smallest absolute Gasteiger partial charge is 0.410 e. The molecule has 1 aromatic rings. The second-order valence-electron chi connectivity index (χ2n) is 7.94. The first kappa shape index (κ1) is 21.0. The van der Waals surface area contributed by atoms with Crippen molar-refractivity contribution >= 4 is 12.2 Å². The summed E-state index contributed by atoms with van der Waals surface area (Å²) in [6, 6.07) is 8.85.